The lowest BCUT2D eigenvalue weighted by Crippen LogP contribution is -2.34. The van der Waals surface area contributed by atoms with Gasteiger partial charge in [-0.05, 0) is 48.4 Å². The van der Waals surface area contributed by atoms with Gasteiger partial charge < -0.3 is 5.32 Å². The van der Waals surface area contributed by atoms with E-state index >= 15 is 0 Å². The zero-order chi connectivity index (χ0) is 17.6. The third kappa shape index (κ3) is 4.87. The van der Waals surface area contributed by atoms with Crippen LogP contribution in [0.4, 0.5) is 4.39 Å². The van der Waals surface area contributed by atoms with Crippen molar-refractivity contribution in [1.29, 1.82) is 0 Å². The molecule has 2 N–H and O–H groups in total. The average molecular weight is 350 g/mol. The first-order valence-corrected chi connectivity index (χ1v) is 9.03. The molecule has 0 aliphatic rings. The minimum Gasteiger partial charge on any atom is -0.351 e. The van der Waals surface area contributed by atoms with Gasteiger partial charge in [-0.3, -0.25) is 4.79 Å². The molecule has 2 rings (SSSR count). The minimum absolute atomic E-state index is 0.0603. The molecule has 0 aliphatic carbocycles. The molecule has 24 heavy (non-hydrogen) atoms. The smallest absolute Gasteiger partial charge is 0.251 e. The van der Waals surface area contributed by atoms with Gasteiger partial charge in [-0.2, -0.15) is 0 Å². The topological polar surface area (TPSA) is 75.3 Å². The Morgan fingerprint density at radius 3 is 2.21 bits per heavy atom. The summed E-state index contributed by atoms with van der Waals surface area (Å²) in [5.74, 6) is -0.810. The Hall–Kier alpha value is -2.25. The van der Waals surface area contributed by atoms with E-state index in [0.717, 1.165) is 12.0 Å². The fourth-order valence-corrected chi connectivity index (χ4v) is 3.08. The van der Waals surface area contributed by atoms with Crippen molar-refractivity contribution in [1.82, 2.24) is 10.0 Å². The van der Waals surface area contributed by atoms with E-state index < -0.39 is 15.8 Å². The Kier molecular flexibility index (Phi) is 6.05. The molecule has 0 saturated carbocycles. The van der Waals surface area contributed by atoms with E-state index in [1.54, 1.807) is 24.3 Å². The molecule has 7 heteroatoms. The van der Waals surface area contributed by atoms with Gasteiger partial charge in [0.1, 0.15) is 5.82 Å². The van der Waals surface area contributed by atoms with Crippen molar-refractivity contribution in [2.24, 2.45) is 0 Å². The monoisotopic (exact) mass is 350 g/mol. The Morgan fingerprint density at radius 2 is 1.62 bits per heavy atom. The van der Waals surface area contributed by atoms with Crippen LogP contribution >= 0.6 is 0 Å². The van der Waals surface area contributed by atoms with Gasteiger partial charge in [0, 0.05) is 18.7 Å². The number of hydrogen-bond acceptors (Lipinski definition) is 3. The first kappa shape index (κ1) is 18.1. The summed E-state index contributed by atoms with van der Waals surface area (Å²) in [4.78, 5) is 12.0. The first-order valence-electron chi connectivity index (χ1n) is 7.55. The molecule has 0 aliphatic heterocycles. The van der Waals surface area contributed by atoms with Crippen LogP contribution in [0.15, 0.2) is 53.4 Å². The van der Waals surface area contributed by atoms with Gasteiger partial charge in [0.2, 0.25) is 10.0 Å². The predicted octanol–water partition coefficient (Wildman–Crippen LogP) is 2.10. The standard InChI is InChI=1S/C17H19FN2O3S/c1-2-13-3-9-16(10-4-13)24(22,23)20-12-11-19-17(21)14-5-7-15(18)8-6-14/h3-10,20H,2,11-12H2,1H3,(H,19,21). The molecular formula is C17H19FN2O3S. The number of halogens is 1. The third-order valence-electron chi connectivity index (χ3n) is 3.45. The van der Waals surface area contributed by atoms with E-state index in [9.17, 15) is 17.6 Å². The molecule has 0 unspecified atom stereocenters. The molecule has 0 radical (unpaired) electrons. The summed E-state index contributed by atoms with van der Waals surface area (Å²) in [6, 6.07) is 11.8. The summed E-state index contributed by atoms with van der Waals surface area (Å²) in [7, 11) is -3.60. The lowest BCUT2D eigenvalue weighted by atomic mass is 10.2. The molecule has 0 heterocycles. The van der Waals surface area contributed by atoms with Crippen molar-refractivity contribution < 1.29 is 17.6 Å². The van der Waals surface area contributed by atoms with E-state index in [2.05, 4.69) is 10.0 Å². The molecule has 0 fully saturated rings. The highest BCUT2D eigenvalue weighted by Gasteiger charge is 2.13. The van der Waals surface area contributed by atoms with Gasteiger partial charge in [0.25, 0.3) is 5.91 Å². The largest absolute Gasteiger partial charge is 0.351 e. The second kappa shape index (κ2) is 8.03. The maximum absolute atomic E-state index is 12.8. The van der Waals surface area contributed by atoms with Crippen molar-refractivity contribution >= 4 is 15.9 Å². The number of aryl methyl sites for hydroxylation is 1. The van der Waals surface area contributed by atoms with Crippen molar-refractivity contribution in [2.45, 2.75) is 18.2 Å². The highest BCUT2D eigenvalue weighted by Crippen LogP contribution is 2.10. The number of hydrogen-bond donors (Lipinski definition) is 2. The summed E-state index contributed by atoms with van der Waals surface area (Å²) in [6.45, 7) is 2.18. The predicted molar refractivity (Wildman–Crippen MR) is 89.7 cm³/mol. The average Bonchev–Trinajstić information content (AvgIpc) is 2.59. The van der Waals surface area contributed by atoms with E-state index in [1.165, 1.54) is 24.3 Å². The Bertz CT molecular complexity index is 788. The second-order valence-electron chi connectivity index (χ2n) is 5.16. The summed E-state index contributed by atoms with van der Waals surface area (Å²) in [5.41, 5.74) is 1.37. The maximum atomic E-state index is 12.8. The normalized spacial score (nSPS) is 11.2. The number of amides is 1. The summed E-state index contributed by atoms with van der Waals surface area (Å²) in [5, 5.41) is 2.57. The fourth-order valence-electron chi connectivity index (χ4n) is 2.05. The quantitative estimate of drug-likeness (QED) is 0.751. The van der Waals surface area contributed by atoms with Crippen LogP contribution in [0.25, 0.3) is 0 Å². The molecule has 0 bridgehead atoms. The van der Waals surface area contributed by atoms with Gasteiger partial charge in [0.15, 0.2) is 0 Å². The zero-order valence-corrected chi connectivity index (χ0v) is 14.1. The molecule has 2 aromatic rings. The van der Waals surface area contributed by atoms with Crippen molar-refractivity contribution in [3.05, 3.63) is 65.5 Å². The first-order chi connectivity index (χ1) is 11.4. The summed E-state index contributed by atoms with van der Waals surface area (Å²) < 4.78 is 39.5. The maximum Gasteiger partial charge on any atom is 0.251 e. The van der Waals surface area contributed by atoms with E-state index in [0.29, 0.717) is 5.56 Å². The van der Waals surface area contributed by atoms with Crippen LogP contribution in [-0.4, -0.2) is 27.4 Å². The number of sulfonamides is 1. The molecular weight excluding hydrogens is 331 g/mol. The minimum atomic E-state index is -3.60. The van der Waals surface area contributed by atoms with Crippen LogP contribution in [0.1, 0.15) is 22.8 Å². The van der Waals surface area contributed by atoms with Gasteiger partial charge in [-0.25, -0.2) is 17.5 Å². The number of benzene rings is 2. The molecule has 2 aromatic carbocycles. The SMILES string of the molecule is CCc1ccc(S(=O)(=O)NCCNC(=O)c2ccc(F)cc2)cc1. The number of nitrogens with one attached hydrogen (secondary N) is 2. The number of rotatable bonds is 7. The van der Waals surface area contributed by atoms with Crippen molar-refractivity contribution in [2.75, 3.05) is 13.1 Å². The highest BCUT2D eigenvalue weighted by atomic mass is 32.2. The molecule has 0 spiro atoms. The lowest BCUT2D eigenvalue weighted by molar-refractivity contribution is 0.0954. The molecule has 5 nitrogen and oxygen atoms in total. The Balaban J connectivity index is 1.84. The number of carbonyl (C=O) groups is 1. The van der Waals surface area contributed by atoms with Crippen molar-refractivity contribution in [3.8, 4) is 0 Å². The fraction of sp³-hybridized carbons (Fsp3) is 0.235. The summed E-state index contributed by atoms with van der Waals surface area (Å²) in [6.07, 6.45) is 0.836. The van der Waals surface area contributed by atoms with Crippen LogP contribution in [0, 0.1) is 5.82 Å². The van der Waals surface area contributed by atoms with E-state index in [4.69, 9.17) is 0 Å². The van der Waals surface area contributed by atoms with E-state index in [1.807, 2.05) is 6.92 Å². The highest BCUT2D eigenvalue weighted by molar-refractivity contribution is 7.89. The van der Waals surface area contributed by atoms with Gasteiger partial charge in [0.05, 0.1) is 4.90 Å². The third-order valence-corrected chi connectivity index (χ3v) is 4.93. The van der Waals surface area contributed by atoms with Crippen LogP contribution in [0.2, 0.25) is 0 Å². The Labute approximate surface area is 141 Å². The Morgan fingerprint density at radius 1 is 1.00 bits per heavy atom. The summed E-state index contributed by atoms with van der Waals surface area (Å²) >= 11 is 0. The molecule has 0 aromatic heterocycles. The molecule has 128 valence electrons. The second-order valence-corrected chi connectivity index (χ2v) is 6.93. The zero-order valence-electron chi connectivity index (χ0n) is 13.3. The van der Waals surface area contributed by atoms with Crippen LogP contribution < -0.4 is 10.0 Å². The van der Waals surface area contributed by atoms with Crippen LogP contribution in [0.5, 0.6) is 0 Å². The van der Waals surface area contributed by atoms with Crippen LogP contribution in [-0.2, 0) is 16.4 Å². The van der Waals surface area contributed by atoms with E-state index in [-0.39, 0.29) is 23.9 Å². The molecule has 0 atom stereocenters. The van der Waals surface area contributed by atoms with Crippen molar-refractivity contribution in [3.63, 3.8) is 0 Å². The van der Waals surface area contributed by atoms with Gasteiger partial charge >= 0.3 is 0 Å². The number of carbonyl (C=O) groups excluding carboxylic acids is 1. The lowest BCUT2D eigenvalue weighted by Gasteiger charge is -2.08. The van der Waals surface area contributed by atoms with Gasteiger partial charge in [-0.1, -0.05) is 19.1 Å². The molecule has 1 amide bonds. The van der Waals surface area contributed by atoms with Gasteiger partial charge in [-0.15, -0.1) is 0 Å². The molecule has 0 saturated heterocycles. The van der Waals surface area contributed by atoms with Crippen LogP contribution in [0.3, 0.4) is 0 Å².